The van der Waals surface area contributed by atoms with Crippen molar-refractivity contribution in [2.45, 2.75) is 39.0 Å². The molecule has 1 saturated carbocycles. The zero-order valence-corrected chi connectivity index (χ0v) is 16.4. The Labute approximate surface area is 164 Å². The van der Waals surface area contributed by atoms with Crippen LogP contribution in [0.4, 0.5) is 0 Å². The highest BCUT2D eigenvalue weighted by Crippen LogP contribution is 2.48. The van der Waals surface area contributed by atoms with Gasteiger partial charge in [0.25, 0.3) is 0 Å². The molecule has 6 rings (SSSR count). The van der Waals surface area contributed by atoms with Crippen LogP contribution in [0, 0.1) is 12.8 Å². The van der Waals surface area contributed by atoms with Crippen molar-refractivity contribution in [3.05, 3.63) is 53.9 Å². The number of aromatic nitrogens is 1. The maximum atomic E-state index is 6.49. The Balaban J connectivity index is 1.61. The van der Waals surface area contributed by atoms with Gasteiger partial charge in [-0.1, -0.05) is 31.7 Å². The minimum atomic E-state index is 0.824. The van der Waals surface area contributed by atoms with E-state index in [0.717, 1.165) is 34.8 Å². The zero-order chi connectivity index (χ0) is 18.8. The third kappa shape index (κ3) is 2.25. The lowest BCUT2D eigenvalue weighted by atomic mass is 9.91. The van der Waals surface area contributed by atoms with Crippen LogP contribution in [0.25, 0.3) is 33.0 Å². The van der Waals surface area contributed by atoms with Gasteiger partial charge < -0.3 is 9.15 Å². The van der Waals surface area contributed by atoms with Crippen LogP contribution in [-0.4, -0.2) is 0 Å². The normalized spacial score (nSPS) is 15.9. The van der Waals surface area contributed by atoms with E-state index in [1.807, 2.05) is 12.1 Å². The molecular formula is C25H24NO2+. The average molecular weight is 370 g/mol. The van der Waals surface area contributed by atoms with Gasteiger partial charge in [-0.2, -0.15) is 0 Å². The third-order valence-corrected chi connectivity index (χ3v) is 6.70. The maximum absolute atomic E-state index is 6.49. The van der Waals surface area contributed by atoms with Gasteiger partial charge in [-0.25, -0.2) is 4.57 Å². The first kappa shape index (κ1) is 16.2. The molecule has 0 bridgehead atoms. The van der Waals surface area contributed by atoms with Crippen LogP contribution in [0.1, 0.15) is 36.8 Å². The highest BCUT2D eigenvalue weighted by Gasteiger charge is 2.31. The predicted molar refractivity (Wildman–Crippen MR) is 111 cm³/mol. The molecule has 2 aromatic heterocycles. The largest absolute Gasteiger partial charge is 0.464 e. The first-order valence-corrected chi connectivity index (χ1v) is 10.3. The maximum Gasteiger partial charge on any atom is 0.228 e. The summed E-state index contributed by atoms with van der Waals surface area (Å²) in [5, 5.41) is 3.65. The molecule has 0 amide bonds. The van der Waals surface area contributed by atoms with E-state index >= 15 is 0 Å². The van der Waals surface area contributed by atoms with E-state index in [0.29, 0.717) is 0 Å². The fourth-order valence-corrected chi connectivity index (χ4v) is 5.32. The number of hydrogen-bond donors (Lipinski definition) is 0. The Morgan fingerprint density at radius 2 is 1.93 bits per heavy atom. The molecule has 140 valence electrons. The lowest BCUT2D eigenvalue weighted by Crippen LogP contribution is -2.31. The van der Waals surface area contributed by atoms with Crippen LogP contribution in [0.2, 0.25) is 0 Å². The van der Waals surface area contributed by atoms with Crippen molar-refractivity contribution in [3.8, 4) is 22.8 Å². The Morgan fingerprint density at radius 3 is 2.79 bits per heavy atom. The summed E-state index contributed by atoms with van der Waals surface area (Å²) in [7, 11) is 2.12. The second-order valence-electron chi connectivity index (χ2n) is 8.50. The van der Waals surface area contributed by atoms with Crippen LogP contribution in [-0.2, 0) is 13.5 Å². The number of rotatable bonds is 2. The quantitative estimate of drug-likeness (QED) is 0.345. The van der Waals surface area contributed by atoms with E-state index in [4.69, 9.17) is 9.15 Å². The van der Waals surface area contributed by atoms with Gasteiger partial charge in [-0.3, -0.25) is 0 Å². The third-order valence-electron chi connectivity index (χ3n) is 6.70. The molecule has 0 unspecified atom stereocenters. The summed E-state index contributed by atoms with van der Waals surface area (Å²) < 4.78 is 14.4. The summed E-state index contributed by atoms with van der Waals surface area (Å²) in [6, 6.07) is 11.0. The molecule has 3 nitrogen and oxygen atoms in total. The summed E-state index contributed by atoms with van der Waals surface area (Å²) in [6.45, 7) is 2.17. The fraction of sp³-hybridized carbons (Fsp3) is 0.320. The summed E-state index contributed by atoms with van der Waals surface area (Å²) in [5.74, 6) is 2.70. The van der Waals surface area contributed by atoms with Gasteiger partial charge in [0, 0.05) is 17.5 Å². The van der Waals surface area contributed by atoms with Crippen molar-refractivity contribution >= 4 is 21.7 Å². The van der Waals surface area contributed by atoms with Gasteiger partial charge in [-0.05, 0) is 47.9 Å². The Bertz CT molecular complexity index is 1240. The number of pyridine rings is 1. The zero-order valence-electron chi connectivity index (χ0n) is 16.4. The summed E-state index contributed by atoms with van der Waals surface area (Å²) in [5.41, 5.74) is 5.91. The molecule has 0 spiro atoms. The highest BCUT2D eigenvalue weighted by molar-refractivity contribution is 6.04. The van der Waals surface area contributed by atoms with Gasteiger partial charge in [0.15, 0.2) is 6.20 Å². The summed E-state index contributed by atoms with van der Waals surface area (Å²) in [6.07, 6.45) is 10.6. The lowest BCUT2D eigenvalue weighted by Gasteiger charge is -2.22. The molecule has 28 heavy (non-hydrogen) atoms. The molecule has 3 heterocycles. The molecule has 1 aliphatic carbocycles. The molecule has 0 atom stereocenters. The minimum absolute atomic E-state index is 0.824. The molecule has 4 aromatic rings. The van der Waals surface area contributed by atoms with E-state index in [1.54, 1.807) is 6.26 Å². The summed E-state index contributed by atoms with van der Waals surface area (Å²) >= 11 is 0. The van der Waals surface area contributed by atoms with Crippen molar-refractivity contribution in [3.63, 3.8) is 0 Å². The van der Waals surface area contributed by atoms with Gasteiger partial charge in [-0.15, -0.1) is 0 Å². The molecule has 0 N–H and O–H groups in total. The molecule has 3 heteroatoms. The van der Waals surface area contributed by atoms with E-state index in [9.17, 15) is 0 Å². The minimum Gasteiger partial charge on any atom is -0.464 e. The number of fused-ring (bicyclic) bond motifs is 3. The number of furan rings is 1. The second-order valence-corrected chi connectivity index (χ2v) is 8.50. The molecule has 2 aliphatic rings. The Morgan fingerprint density at radius 1 is 1.07 bits per heavy atom. The summed E-state index contributed by atoms with van der Waals surface area (Å²) in [4.78, 5) is 0. The molecule has 2 aromatic carbocycles. The standard InChI is InChI=1S/C25H24NO2/c1-15-19-8-10-27-20(19)14-22-23(15)25-24-18(7-9-26(25)2)12-17(13-21(24)28-22)11-16-5-3-4-6-16/h7-10,12-14,16H,3-6,11H2,1-2H3/q+1. The van der Waals surface area contributed by atoms with E-state index in [2.05, 4.69) is 42.9 Å². The van der Waals surface area contributed by atoms with Gasteiger partial charge in [0.1, 0.15) is 24.1 Å². The van der Waals surface area contributed by atoms with Crippen LogP contribution < -0.4 is 9.30 Å². The Kier molecular flexibility index (Phi) is 3.37. The van der Waals surface area contributed by atoms with Crippen LogP contribution >= 0.6 is 0 Å². The number of hydrogen-bond acceptors (Lipinski definition) is 2. The molecular weight excluding hydrogens is 346 g/mol. The van der Waals surface area contributed by atoms with Crippen molar-refractivity contribution in [2.75, 3.05) is 0 Å². The Hall–Kier alpha value is -2.81. The van der Waals surface area contributed by atoms with Gasteiger partial charge >= 0.3 is 0 Å². The van der Waals surface area contributed by atoms with Crippen molar-refractivity contribution in [2.24, 2.45) is 13.0 Å². The molecule has 1 fully saturated rings. The van der Waals surface area contributed by atoms with Crippen molar-refractivity contribution < 1.29 is 13.7 Å². The van der Waals surface area contributed by atoms with Crippen molar-refractivity contribution in [1.82, 2.24) is 0 Å². The number of nitrogens with zero attached hydrogens (tertiary/aromatic N) is 1. The lowest BCUT2D eigenvalue weighted by molar-refractivity contribution is -0.659. The monoisotopic (exact) mass is 370 g/mol. The smallest absolute Gasteiger partial charge is 0.228 e. The average Bonchev–Trinajstić information content (AvgIpc) is 3.35. The van der Waals surface area contributed by atoms with Crippen LogP contribution in [0.5, 0.6) is 11.5 Å². The second kappa shape index (κ2) is 5.84. The number of aryl methyl sites for hydroxylation is 2. The first-order chi connectivity index (χ1) is 13.7. The molecule has 0 radical (unpaired) electrons. The SMILES string of the molecule is Cc1c2c(cc3occc13)Oc1cc(CC3CCCC3)cc3cc[n+](C)c-2c13. The fourth-order valence-electron chi connectivity index (χ4n) is 5.32. The predicted octanol–water partition coefficient (Wildman–Crippen LogP) is 6.22. The number of benzene rings is 2. The van der Waals surface area contributed by atoms with Crippen LogP contribution in [0.3, 0.4) is 0 Å². The van der Waals surface area contributed by atoms with E-state index in [-0.39, 0.29) is 0 Å². The van der Waals surface area contributed by atoms with Gasteiger partial charge in [0.05, 0.1) is 17.2 Å². The highest BCUT2D eigenvalue weighted by atomic mass is 16.5. The molecule has 1 aliphatic heterocycles. The van der Waals surface area contributed by atoms with E-state index in [1.165, 1.54) is 58.8 Å². The van der Waals surface area contributed by atoms with E-state index < -0.39 is 0 Å². The van der Waals surface area contributed by atoms with Gasteiger partial charge in [0.2, 0.25) is 5.69 Å². The van der Waals surface area contributed by atoms with Crippen LogP contribution in [0.15, 0.2) is 47.2 Å². The first-order valence-electron chi connectivity index (χ1n) is 10.3. The topological polar surface area (TPSA) is 26.2 Å². The molecule has 0 saturated heterocycles. The number of ether oxygens (including phenoxy) is 1. The van der Waals surface area contributed by atoms with Crippen molar-refractivity contribution in [1.29, 1.82) is 0 Å².